The minimum Gasteiger partial charge on any atom is -0.364 e. The predicted octanol–water partition coefficient (Wildman–Crippen LogP) is 2.96. The lowest BCUT2D eigenvalue weighted by molar-refractivity contribution is -0.384. The molecule has 0 radical (unpaired) electrons. The number of hydrogen-bond donors (Lipinski definition) is 1. The molecule has 106 valence electrons. The number of nitrogens with zero attached hydrogens (tertiary/aromatic N) is 3. The van der Waals surface area contributed by atoms with Crippen LogP contribution in [0.1, 0.15) is 33.3 Å². The molecular formula is C14H18N4O2. The largest absolute Gasteiger partial charge is 0.364 e. The van der Waals surface area contributed by atoms with Crippen molar-refractivity contribution in [2.24, 2.45) is 16.7 Å². The maximum atomic E-state index is 11.1. The van der Waals surface area contributed by atoms with Crippen LogP contribution < -0.4 is 5.32 Å². The van der Waals surface area contributed by atoms with E-state index in [4.69, 9.17) is 5.26 Å². The summed E-state index contributed by atoms with van der Waals surface area (Å²) in [5.74, 6) is 0.592. The van der Waals surface area contributed by atoms with Gasteiger partial charge in [0.25, 0.3) is 0 Å². The van der Waals surface area contributed by atoms with E-state index in [0.29, 0.717) is 12.5 Å². The summed E-state index contributed by atoms with van der Waals surface area (Å²) in [6, 6.07) is 3.19. The van der Waals surface area contributed by atoms with Gasteiger partial charge in [-0.3, -0.25) is 10.1 Å². The Morgan fingerprint density at radius 1 is 1.45 bits per heavy atom. The van der Waals surface area contributed by atoms with Crippen molar-refractivity contribution in [3.8, 4) is 6.07 Å². The zero-order valence-electron chi connectivity index (χ0n) is 12.1. The zero-order chi connectivity index (χ0) is 15.1. The SMILES string of the molecule is CC1(C)C(CNc2nccc(C#N)c2[N+](=O)[O-])C1(C)C. The van der Waals surface area contributed by atoms with E-state index in [1.54, 1.807) is 0 Å². The average molecular weight is 274 g/mol. The standard InChI is InChI=1S/C14H18N4O2/c1-13(2)10(14(13,3)4)8-17-12-11(18(19)20)9(7-15)5-6-16-12/h5-6,10H,8H2,1-4H3,(H,16,17). The van der Waals surface area contributed by atoms with Crippen LogP contribution in [-0.4, -0.2) is 16.5 Å². The Balaban J connectivity index is 2.20. The monoisotopic (exact) mass is 274 g/mol. The molecular weight excluding hydrogens is 256 g/mol. The molecule has 0 saturated heterocycles. The molecule has 1 saturated carbocycles. The highest BCUT2D eigenvalue weighted by atomic mass is 16.6. The first-order valence-electron chi connectivity index (χ1n) is 6.51. The van der Waals surface area contributed by atoms with E-state index >= 15 is 0 Å². The molecule has 1 fully saturated rings. The van der Waals surface area contributed by atoms with Gasteiger partial charge in [-0.2, -0.15) is 5.26 Å². The van der Waals surface area contributed by atoms with Crippen molar-refractivity contribution >= 4 is 11.5 Å². The van der Waals surface area contributed by atoms with Crippen LogP contribution in [0.25, 0.3) is 0 Å². The quantitative estimate of drug-likeness (QED) is 0.673. The Kier molecular flexibility index (Phi) is 3.17. The molecule has 0 amide bonds. The van der Waals surface area contributed by atoms with Crippen LogP contribution in [0.5, 0.6) is 0 Å². The van der Waals surface area contributed by atoms with Crippen LogP contribution in [0, 0.1) is 38.2 Å². The highest BCUT2D eigenvalue weighted by Crippen LogP contribution is 2.68. The molecule has 1 aromatic rings. The van der Waals surface area contributed by atoms with Crippen molar-refractivity contribution in [3.63, 3.8) is 0 Å². The fraction of sp³-hybridized carbons (Fsp3) is 0.571. The molecule has 0 atom stereocenters. The number of pyridine rings is 1. The number of nitro groups is 1. The van der Waals surface area contributed by atoms with Crippen LogP contribution in [0.4, 0.5) is 11.5 Å². The lowest BCUT2D eigenvalue weighted by Gasteiger charge is -2.07. The Morgan fingerprint density at radius 2 is 2.05 bits per heavy atom. The molecule has 0 unspecified atom stereocenters. The minimum atomic E-state index is -0.558. The second-order valence-corrected chi connectivity index (χ2v) is 6.30. The first kappa shape index (κ1) is 14.3. The summed E-state index contributed by atoms with van der Waals surface area (Å²) < 4.78 is 0. The minimum absolute atomic E-state index is 0.0295. The summed E-state index contributed by atoms with van der Waals surface area (Å²) in [7, 11) is 0. The third-order valence-corrected chi connectivity index (χ3v) is 5.02. The zero-order valence-corrected chi connectivity index (χ0v) is 12.1. The fourth-order valence-electron chi connectivity index (χ4n) is 2.90. The summed E-state index contributed by atoms with van der Waals surface area (Å²) in [6.07, 6.45) is 1.41. The normalized spacial score (nSPS) is 19.1. The summed E-state index contributed by atoms with van der Waals surface area (Å²) in [5.41, 5.74) is 0.177. The van der Waals surface area contributed by atoms with Gasteiger partial charge >= 0.3 is 5.69 Å². The average Bonchev–Trinajstić information content (AvgIpc) is 2.76. The molecule has 0 bridgehead atoms. The van der Waals surface area contributed by atoms with E-state index in [2.05, 4.69) is 38.0 Å². The Hall–Kier alpha value is -2.16. The van der Waals surface area contributed by atoms with Crippen LogP contribution in [-0.2, 0) is 0 Å². The van der Waals surface area contributed by atoms with E-state index < -0.39 is 4.92 Å². The molecule has 1 aliphatic rings. The molecule has 0 aromatic carbocycles. The molecule has 1 heterocycles. The fourth-order valence-corrected chi connectivity index (χ4v) is 2.90. The molecule has 1 N–H and O–H groups in total. The third-order valence-electron chi connectivity index (χ3n) is 5.02. The summed E-state index contributed by atoms with van der Waals surface area (Å²) in [4.78, 5) is 14.5. The second kappa shape index (κ2) is 4.44. The topological polar surface area (TPSA) is 91.8 Å². The van der Waals surface area contributed by atoms with Gasteiger partial charge in [0.2, 0.25) is 5.82 Å². The number of anilines is 1. The molecule has 6 nitrogen and oxygen atoms in total. The van der Waals surface area contributed by atoms with Gasteiger partial charge in [-0.05, 0) is 22.8 Å². The Bertz CT molecular complexity index is 588. The first-order valence-corrected chi connectivity index (χ1v) is 6.51. The number of rotatable bonds is 4. The Morgan fingerprint density at radius 3 is 2.50 bits per heavy atom. The number of nitrogens with one attached hydrogen (secondary N) is 1. The molecule has 20 heavy (non-hydrogen) atoms. The van der Waals surface area contributed by atoms with Gasteiger partial charge in [0.15, 0.2) is 0 Å². The van der Waals surface area contributed by atoms with Crippen LogP contribution >= 0.6 is 0 Å². The van der Waals surface area contributed by atoms with Gasteiger partial charge in [-0.15, -0.1) is 0 Å². The van der Waals surface area contributed by atoms with E-state index in [1.165, 1.54) is 12.3 Å². The maximum Gasteiger partial charge on any atom is 0.328 e. The van der Waals surface area contributed by atoms with Crippen molar-refractivity contribution in [1.29, 1.82) is 5.26 Å². The van der Waals surface area contributed by atoms with Crippen molar-refractivity contribution < 1.29 is 4.92 Å². The number of aromatic nitrogens is 1. The van der Waals surface area contributed by atoms with Crippen molar-refractivity contribution in [3.05, 3.63) is 27.9 Å². The van der Waals surface area contributed by atoms with Gasteiger partial charge < -0.3 is 5.32 Å². The molecule has 0 aliphatic heterocycles. The summed E-state index contributed by atoms with van der Waals surface area (Å²) in [5, 5.41) is 23.1. The lowest BCUT2D eigenvalue weighted by Crippen LogP contribution is -2.11. The smallest absolute Gasteiger partial charge is 0.328 e. The van der Waals surface area contributed by atoms with Gasteiger partial charge in [-0.1, -0.05) is 27.7 Å². The van der Waals surface area contributed by atoms with Gasteiger partial charge in [0.1, 0.15) is 11.6 Å². The van der Waals surface area contributed by atoms with Crippen LogP contribution in [0.15, 0.2) is 12.3 Å². The van der Waals surface area contributed by atoms with Crippen molar-refractivity contribution in [1.82, 2.24) is 4.98 Å². The lowest BCUT2D eigenvalue weighted by atomic mass is 10.0. The van der Waals surface area contributed by atoms with Crippen LogP contribution in [0.3, 0.4) is 0 Å². The van der Waals surface area contributed by atoms with Crippen molar-refractivity contribution in [2.45, 2.75) is 27.7 Å². The molecule has 1 aliphatic carbocycles. The van der Waals surface area contributed by atoms with E-state index in [-0.39, 0.29) is 27.9 Å². The van der Waals surface area contributed by atoms with Gasteiger partial charge in [0, 0.05) is 12.7 Å². The highest BCUT2D eigenvalue weighted by molar-refractivity contribution is 5.64. The van der Waals surface area contributed by atoms with E-state index in [0.717, 1.165) is 0 Å². The maximum absolute atomic E-state index is 11.1. The van der Waals surface area contributed by atoms with Crippen LogP contribution in [0.2, 0.25) is 0 Å². The molecule has 6 heteroatoms. The summed E-state index contributed by atoms with van der Waals surface area (Å²) >= 11 is 0. The number of hydrogen-bond acceptors (Lipinski definition) is 5. The molecule has 1 aromatic heterocycles. The molecule has 2 rings (SSSR count). The Labute approximate surface area is 118 Å². The third kappa shape index (κ3) is 1.99. The predicted molar refractivity (Wildman–Crippen MR) is 75.1 cm³/mol. The van der Waals surface area contributed by atoms with E-state index in [9.17, 15) is 10.1 Å². The van der Waals surface area contributed by atoms with E-state index in [1.807, 2.05) is 6.07 Å². The van der Waals surface area contributed by atoms with Gasteiger partial charge in [-0.25, -0.2) is 4.98 Å². The highest BCUT2D eigenvalue weighted by Gasteiger charge is 2.64. The van der Waals surface area contributed by atoms with Crippen molar-refractivity contribution in [2.75, 3.05) is 11.9 Å². The second-order valence-electron chi connectivity index (χ2n) is 6.30. The van der Waals surface area contributed by atoms with Gasteiger partial charge in [0.05, 0.1) is 4.92 Å². The first-order chi connectivity index (χ1) is 9.23. The number of nitriles is 1. The molecule has 0 spiro atoms. The summed E-state index contributed by atoms with van der Waals surface area (Å²) in [6.45, 7) is 9.36.